The lowest BCUT2D eigenvalue weighted by molar-refractivity contribution is 0.0773. The lowest BCUT2D eigenvalue weighted by Gasteiger charge is -2.15. The van der Waals surface area contributed by atoms with Crippen LogP contribution in [-0.2, 0) is 6.54 Å². The van der Waals surface area contributed by atoms with Gasteiger partial charge in [0.25, 0.3) is 5.91 Å². The molecule has 1 aromatic heterocycles. The van der Waals surface area contributed by atoms with E-state index in [0.717, 1.165) is 0 Å². The zero-order valence-electron chi connectivity index (χ0n) is 13.8. The number of nitrogens with zero attached hydrogens (tertiary/aromatic N) is 4. The van der Waals surface area contributed by atoms with Crippen molar-refractivity contribution in [2.75, 3.05) is 7.05 Å². The minimum absolute atomic E-state index is 0.0285. The number of carbonyl (C=O) groups excluding carboxylic acids is 1. The molecule has 128 valence electrons. The molecular weight excluding hydrogens is 326 g/mol. The van der Waals surface area contributed by atoms with Crippen LogP contribution >= 0.6 is 0 Å². The minimum atomic E-state index is -0.381. The Morgan fingerprint density at radius 3 is 2.52 bits per heavy atom. The van der Waals surface area contributed by atoms with Crippen LogP contribution in [0.1, 0.15) is 22.0 Å². The van der Waals surface area contributed by atoms with E-state index in [1.807, 2.05) is 0 Å². The predicted octanol–water partition coefficient (Wildman–Crippen LogP) is 3.13. The Balaban J connectivity index is 1.80. The monoisotopic (exact) mass is 342 g/mol. The molecule has 3 rings (SSSR count). The van der Waals surface area contributed by atoms with E-state index >= 15 is 0 Å². The van der Waals surface area contributed by atoms with Gasteiger partial charge in [-0.25, -0.2) is 18.4 Å². The molecule has 2 aromatic carbocycles. The molecule has 0 aliphatic rings. The highest BCUT2D eigenvalue weighted by Crippen LogP contribution is 2.13. The maximum atomic E-state index is 13.3. The molecule has 3 aromatic rings. The van der Waals surface area contributed by atoms with Crippen molar-refractivity contribution in [3.8, 4) is 5.69 Å². The highest BCUT2D eigenvalue weighted by Gasteiger charge is 2.19. The van der Waals surface area contributed by atoms with Crippen molar-refractivity contribution in [1.82, 2.24) is 19.7 Å². The Morgan fingerprint density at radius 1 is 1.12 bits per heavy atom. The van der Waals surface area contributed by atoms with E-state index < -0.39 is 0 Å². The second-order valence-corrected chi connectivity index (χ2v) is 5.66. The van der Waals surface area contributed by atoms with Crippen LogP contribution in [0.5, 0.6) is 0 Å². The zero-order valence-corrected chi connectivity index (χ0v) is 13.8. The normalized spacial score (nSPS) is 10.7. The minimum Gasteiger partial charge on any atom is -0.335 e. The Morgan fingerprint density at radius 2 is 1.84 bits per heavy atom. The predicted molar refractivity (Wildman–Crippen MR) is 88.3 cm³/mol. The molecule has 0 bridgehead atoms. The maximum absolute atomic E-state index is 13.3. The summed E-state index contributed by atoms with van der Waals surface area (Å²) in [5, 5.41) is 4.21. The number of aromatic nitrogens is 3. The summed E-state index contributed by atoms with van der Waals surface area (Å²) in [4.78, 5) is 18.1. The van der Waals surface area contributed by atoms with Crippen molar-refractivity contribution in [3.05, 3.63) is 77.4 Å². The molecular formula is C18H16F2N4O. The third kappa shape index (κ3) is 3.71. The van der Waals surface area contributed by atoms with Gasteiger partial charge in [-0.3, -0.25) is 4.79 Å². The first kappa shape index (κ1) is 16.8. The average molecular weight is 342 g/mol. The number of hydrogen-bond donors (Lipinski definition) is 0. The van der Waals surface area contributed by atoms with E-state index in [1.165, 1.54) is 33.8 Å². The molecule has 5 nitrogen and oxygen atoms in total. The Labute approximate surface area is 143 Å². The summed E-state index contributed by atoms with van der Waals surface area (Å²) in [5.74, 6) is -0.552. The molecule has 0 radical (unpaired) electrons. The number of rotatable bonds is 4. The van der Waals surface area contributed by atoms with Crippen molar-refractivity contribution >= 4 is 5.91 Å². The molecule has 0 N–H and O–H groups in total. The van der Waals surface area contributed by atoms with E-state index in [-0.39, 0.29) is 29.9 Å². The molecule has 1 amide bonds. The van der Waals surface area contributed by atoms with E-state index in [9.17, 15) is 13.6 Å². The van der Waals surface area contributed by atoms with Crippen molar-refractivity contribution in [1.29, 1.82) is 0 Å². The quantitative estimate of drug-likeness (QED) is 0.732. The van der Waals surface area contributed by atoms with Gasteiger partial charge in [0, 0.05) is 13.6 Å². The highest BCUT2D eigenvalue weighted by molar-refractivity contribution is 5.90. The molecule has 7 heteroatoms. The number of carbonyl (C=O) groups is 1. The number of hydrogen-bond acceptors (Lipinski definition) is 3. The van der Waals surface area contributed by atoms with Crippen LogP contribution in [0.4, 0.5) is 8.78 Å². The number of amides is 1. The number of benzene rings is 2. The zero-order chi connectivity index (χ0) is 18.0. The van der Waals surface area contributed by atoms with Crippen molar-refractivity contribution in [2.45, 2.75) is 13.5 Å². The molecule has 0 unspecified atom stereocenters. The van der Waals surface area contributed by atoms with E-state index in [2.05, 4.69) is 10.1 Å². The van der Waals surface area contributed by atoms with Gasteiger partial charge >= 0.3 is 0 Å². The number of halogens is 2. The van der Waals surface area contributed by atoms with Crippen LogP contribution in [0.25, 0.3) is 5.69 Å². The van der Waals surface area contributed by atoms with E-state index in [1.54, 1.807) is 38.2 Å². The Kier molecular flexibility index (Phi) is 4.56. The molecule has 0 aliphatic carbocycles. The lowest BCUT2D eigenvalue weighted by Crippen LogP contribution is -2.27. The van der Waals surface area contributed by atoms with Gasteiger partial charge in [0.05, 0.1) is 5.69 Å². The van der Waals surface area contributed by atoms with Gasteiger partial charge in [-0.05, 0) is 48.9 Å². The summed E-state index contributed by atoms with van der Waals surface area (Å²) < 4.78 is 27.8. The molecule has 0 saturated carbocycles. The highest BCUT2D eigenvalue weighted by atomic mass is 19.1. The standard InChI is InChI=1S/C18H16F2N4O/c1-12-21-17(22-24(12)16-8-6-14(19)7-9-16)18(25)23(2)11-13-4-3-5-15(20)10-13/h3-10H,11H2,1-2H3. The fraction of sp³-hybridized carbons (Fsp3) is 0.167. The average Bonchev–Trinajstić information content (AvgIpc) is 2.96. The van der Waals surface area contributed by atoms with Gasteiger partial charge < -0.3 is 4.90 Å². The van der Waals surface area contributed by atoms with Gasteiger partial charge in [-0.1, -0.05) is 12.1 Å². The van der Waals surface area contributed by atoms with E-state index in [0.29, 0.717) is 17.1 Å². The topological polar surface area (TPSA) is 51.0 Å². The Hall–Kier alpha value is -3.09. The molecule has 0 saturated heterocycles. The lowest BCUT2D eigenvalue weighted by atomic mass is 10.2. The first-order valence-corrected chi connectivity index (χ1v) is 7.63. The van der Waals surface area contributed by atoms with Gasteiger partial charge in [0.2, 0.25) is 5.82 Å². The van der Waals surface area contributed by atoms with Gasteiger partial charge in [-0.15, -0.1) is 5.10 Å². The van der Waals surface area contributed by atoms with Crippen LogP contribution in [0.2, 0.25) is 0 Å². The fourth-order valence-electron chi connectivity index (χ4n) is 2.46. The second-order valence-electron chi connectivity index (χ2n) is 5.66. The smallest absolute Gasteiger partial charge is 0.293 e. The first-order chi connectivity index (χ1) is 11.9. The maximum Gasteiger partial charge on any atom is 0.293 e. The molecule has 0 spiro atoms. The largest absolute Gasteiger partial charge is 0.335 e. The van der Waals surface area contributed by atoms with Crippen LogP contribution < -0.4 is 0 Å². The van der Waals surface area contributed by atoms with Crippen LogP contribution in [0.3, 0.4) is 0 Å². The number of aryl methyl sites for hydroxylation is 1. The molecule has 1 heterocycles. The van der Waals surface area contributed by atoms with Gasteiger partial charge in [0.1, 0.15) is 17.5 Å². The summed E-state index contributed by atoms with van der Waals surface area (Å²) in [7, 11) is 1.60. The summed E-state index contributed by atoms with van der Waals surface area (Å²) >= 11 is 0. The summed E-state index contributed by atoms with van der Waals surface area (Å²) in [5.41, 5.74) is 1.28. The van der Waals surface area contributed by atoms with Crippen LogP contribution in [0, 0.1) is 18.6 Å². The van der Waals surface area contributed by atoms with Crippen molar-refractivity contribution in [3.63, 3.8) is 0 Å². The fourth-order valence-corrected chi connectivity index (χ4v) is 2.46. The summed E-state index contributed by atoms with van der Waals surface area (Å²) in [6, 6.07) is 11.8. The molecule has 0 aliphatic heterocycles. The third-order valence-electron chi connectivity index (χ3n) is 3.69. The third-order valence-corrected chi connectivity index (χ3v) is 3.69. The molecule has 25 heavy (non-hydrogen) atoms. The second kappa shape index (κ2) is 6.80. The SMILES string of the molecule is Cc1nc(C(=O)N(C)Cc2cccc(F)c2)nn1-c1ccc(F)cc1. The van der Waals surface area contributed by atoms with Crippen LogP contribution in [-0.4, -0.2) is 32.6 Å². The Bertz CT molecular complexity index is 906. The van der Waals surface area contributed by atoms with Crippen molar-refractivity contribution < 1.29 is 13.6 Å². The van der Waals surface area contributed by atoms with Crippen LogP contribution in [0.15, 0.2) is 48.5 Å². The van der Waals surface area contributed by atoms with Crippen molar-refractivity contribution in [2.24, 2.45) is 0 Å². The van der Waals surface area contributed by atoms with Gasteiger partial charge in [0.15, 0.2) is 0 Å². The first-order valence-electron chi connectivity index (χ1n) is 7.63. The van der Waals surface area contributed by atoms with E-state index in [4.69, 9.17) is 0 Å². The summed E-state index contributed by atoms with van der Waals surface area (Å²) in [6.45, 7) is 1.94. The summed E-state index contributed by atoms with van der Waals surface area (Å²) in [6.07, 6.45) is 0. The van der Waals surface area contributed by atoms with Gasteiger partial charge in [-0.2, -0.15) is 0 Å². The molecule has 0 atom stereocenters. The molecule has 0 fully saturated rings.